The number of fused-ring (bicyclic) bond motifs is 1. The summed E-state index contributed by atoms with van der Waals surface area (Å²) in [5.74, 6) is -0.0844. The van der Waals surface area contributed by atoms with Crippen LogP contribution in [0, 0.1) is 6.92 Å². The Hall–Kier alpha value is -2.53. The number of amides is 2. The second kappa shape index (κ2) is 9.73. The van der Waals surface area contributed by atoms with Crippen LogP contribution in [-0.2, 0) is 4.79 Å². The van der Waals surface area contributed by atoms with Crippen molar-refractivity contribution in [3.8, 4) is 0 Å². The van der Waals surface area contributed by atoms with Gasteiger partial charge in [-0.25, -0.2) is 0 Å². The minimum absolute atomic E-state index is 0.0412. The molecule has 31 heavy (non-hydrogen) atoms. The molecule has 0 saturated heterocycles. The molecule has 1 saturated carbocycles. The fraction of sp³-hybridized carbons (Fsp3) is 0.385. The molecule has 2 aromatic carbocycles. The Labute approximate surface area is 189 Å². The van der Waals surface area contributed by atoms with Crippen LogP contribution in [0.5, 0.6) is 0 Å². The number of aryl methyl sites for hydroxylation is 1. The monoisotopic (exact) mass is 434 g/mol. The molecule has 5 heteroatoms. The number of rotatable bonds is 3. The van der Waals surface area contributed by atoms with Crippen LogP contribution in [-0.4, -0.2) is 24.9 Å². The van der Waals surface area contributed by atoms with Crippen molar-refractivity contribution in [2.24, 2.45) is 0 Å². The molecule has 0 unspecified atom stereocenters. The largest absolute Gasteiger partial charge is 0.349 e. The lowest BCUT2D eigenvalue weighted by Gasteiger charge is -2.28. The van der Waals surface area contributed by atoms with Crippen molar-refractivity contribution < 1.29 is 9.59 Å². The summed E-state index contributed by atoms with van der Waals surface area (Å²) in [6.07, 6.45) is 10.2. The normalized spacial score (nSPS) is 19.0. The van der Waals surface area contributed by atoms with Crippen molar-refractivity contribution in [2.45, 2.75) is 62.8 Å². The summed E-state index contributed by atoms with van der Waals surface area (Å²) in [7, 11) is 1.78. The number of nitrogens with one attached hydrogen (secondary N) is 1. The molecular formula is C26H30N2O2S. The van der Waals surface area contributed by atoms with E-state index in [0.29, 0.717) is 10.5 Å². The maximum atomic E-state index is 13.0. The quantitative estimate of drug-likeness (QED) is 0.608. The number of carbonyl (C=O) groups is 2. The van der Waals surface area contributed by atoms with Gasteiger partial charge in [0.15, 0.2) is 0 Å². The minimum atomic E-state index is -0.0432. The molecule has 2 aromatic rings. The van der Waals surface area contributed by atoms with Crippen LogP contribution in [0.25, 0.3) is 6.08 Å². The van der Waals surface area contributed by atoms with Gasteiger partial charge in [-0.3, -0.25) is 9.59 Å². The SMILES string of the molecule is Cc1ccccc1C=C1Sc2ccc(C(=O)NC3CCCCCCC3)cc2N(C)C1=O. The number of hydrogen-bond donors (Lipinski definition) is 1. The Bertz CT molecular complexity index is 1010. The first kappa shape index (κ1) is 21.7. The number of likely N-dealkylation sites (N-methyl/N-ethyl adjacent to an activating group) is 1. The lowest BCUT2D eigenvalue weighted by atomic mass is 9.96. The molecule has 2 aliphatic rings. The van der Waals surface area contributed by atoms with Crippen molar-refractivity contribution in [3.05, 3.63) is 64.1 Å². The molecule has 0 bridgehead atoms. The van der Waals surface area contributed by atoms with Crippen LogP contribution >= 0.6 is 11.8 Å². The Morgan fingerprint density at radius 2 is 1.77 bits per heavy atom. The molecule has 0 atom stereocenters. The van der Waals surface area contributed by atoms with Gasteiger partial charge in [0, 0.05) is 23.5 Å². The summed E-state index contributed by atoms with van der Waals surface area (Å²) in [4.78, 5) is 29.2. The van der Waals surface area contributed by atoms with E-state index in [1.54, 1.807) is 11.9 Å². The third-order valence-electron chi connectivity index (χ3n) is 6.23. The standard InChI is InChI=1S/C26H30N2O2S/c1-18-10-8-9-11-19(18)17-24-26(30)28(2)22-16-20(14-15-23(22)31-24)25(29)27-21-12-6-4-3-5-7-13-21/h8-11,14-17,21H,3-7,12-13H2,1-2H3,(H,27,29). The molecule has 4 rings (SSSR count). The van der Waals surface area contributed by atoms with E-state index >= 15 is 0 Å². The Balaban J connectivity index is 1.53. The molecule has 1 N–H and O–H groups in total. The van der Waals surface area contributed by atoms with Gasteiger partial charge >= 0.3 is 0 Å². The average molecular weight is 435 g/mol. The van der Waals surface area contributed by atoms with Crippen molar-refractivity contribution in [1.29, 1.82) is 0 Å². The van der Waals surface area contributed by atoms with Gasteiger partial charge in [0.25, 0.3) is 11.8 Å². The fourth-order valence-corrected chi connectivity index (χ4v) is 5.38. The number of hydrogen-bond acceptors (Lipinski definition) is 3. The first-order chi connectivity index (χ1) is 15.0. The molecule has 1 heterocycles. The Kier molecular flexibility index (Phi) is 6.81. The third kappa shape index (κ3) is 5.04. The molecule has 0 aromatic heterocycles. The van der Waals surface area contributed by atoms with Crippen LogP contribution in [0.3, 0.4) is 0 Å². The van der Waals surface area contributed by atoms with Crippen molar-refractivity contribution >= 4 is 35.3 Å². The van der Waals surface area contributed by atoms with E-state index in [-0.39, 0.29) is 17.9 Å². The summed E-state index contributed by atoms with van der Waals surface area (Å²) in [5.41, 5.74) is 3.60. The predicted octanol–water partition coefficient (Wildman–Crippen LogP) is 5.95. The smallest absolute Gasteiger partial charge is 0.264 e. The molecule has 0 radical (unpaired) electrons. The predicted molar refractivity (Wildman–Crippen MR) is 128 cm³/mol. The summed E-state index contributed by atoms with van der Waals surface area (Å²) >= 11 is 1.47. The molecule has 1 fully saturated rings. The number of thioether (sulfide) groups is 1. The molecule has 1 aliphatic heterocycles. The van der Waals surface area contributed by atoms with Crippen molar-refractivity contribution in [1.82, 2.24) is 5.32 Å². The minimum Gasteiger partial charge on any atom is -0.349 e. The first-order valence-electron chi connectivity index (χ1n) is 11.2. The van der Waals surface area contributed by atoms with E-state index in [4.69, 9.17) is 0 Å². The van der Waals surface area contributed by atoms with Gasteiger partial charge in [0.05, 0.1) is 10.6 Å². The molecular weight excluding hydrogens is 404 g/mol. The van der Waals surface area contributed by atoms with Crippen LogP contribution in [0.15, 0.2) is 52.3 Å². The Morgan fingerprint density at radius 1 is 1.06 bits per heavy atom. The summed E-state index contributed by atoms with van der Waals surface area (Å²) in [6.45, 7) is 2.04. The van der Waals surface area contributed by atoms with E-state index < -0.39 is 0 Å². The van der Waals surface area contributed by atoms with E-state index in [2.05, 4.69) is 5.32 Å². The summed E-state index contributed by atoms with van der Waals surface area (Å²) in [6, 6.07) is 14.0. The van der Waals surface area contributed by atoms with Crippen LogP contribution in [0.4, 0.5) is 5.69 Å². The van der Waals surface area contributed by atoms with Gasteiger partial charge in [-0.05, 0) is 55.2 Å². The van der Waals surface area contributed by atoms with Crippen LogP contribution < -0.4 is 10.2 Å². The first-order valence-corrected chi connectivity index (χ1v) is 12.0. The number of nitrogens with zero attached hydrogens (tertiary/aromatic N) is 1. The molecule has 0 spiro atoms. The van der Waals surface area contributed by atoms with Crippen molar-refractivity contribution in [3.63, 3.8) is 0 Å². The number of benzene rings is 2. The van der Waals surface area contributed by atoms with Gasteiger partial charge in [-0.15, -0.1) is 0 Å². The van der Waals surface area contributed by atoms with Gasteiger partial charge in [-0.2, -0.15) is 0 Å². The van der Waals surface area contributed by atoms with E-state index in [1.165, 1.54) is 43.9 Å². The molecule has 2 amide bonds. The van der Waals surface area contributed by atoms with Crippen LogP contribution in [0.1, 0.15) is 66.4 Å². The van der Waals surface area contributed by atoms with Gasteiger partial charge in [-0.1, -0.05) is 68.1 Å². The highest BCUT2D eigenvalue weighted by Gasteiger charge is 2.27. The van der Waals surface area contributed by atoms with Gasteiger partial charge in [0.1, 0.15) is 0 Å². The maximum absolute atomic E-state index is 13.0. The zero-order valence-corrected chi connectivity index (χ0v) is 19.1. The topological polar surface area (TPSA) is 49.4 Å². The van der Waals surface area contributed by atoms with Gasteiger partial charge < -0.3 is 10.2 Å². The summed E-state index contributed by atoms with van der Waals surface area (Å²) < 4.78 is 0. The Morgan fingerprint density at radius 3 is 2.52 bits per heavy atom. The number of carbonyl (C=O) groups excluding carboxylic acids is 2. The third-order valence-corrected chi connectivity index (χ3v) is 7.31. The fourth-order valence-electron chi connectivity index (χ4n) is 4.29. The zero-order chi connectivity index (χ0) is 21.8. The second-order valence-electron chi connectivity index (χ2n) is 8.53. The molecule has 4 nitrogen and oxygen atoms in total. The molecule has 162 valence electrons. The van der Waals surface area contributed by atoms with Gasteiger partial charge in [0.2, 0.25) is 0 Å². The van der Waals surface area contributed by atoms with E-state index in [0.717, 1.165) is 34.6 Å². The maximum Gasteiger partial charge on any atom is 0.264 e. The number of anilines is 1. The average Bonchev–Trinajstić information content (AvgIpc) is 2.75. The van der Waals surface area contributed by atoms with Crippen molar-refractivity contribution in [2.75, 3.05) is 11.9 Å². The second-order valence-corrected chi connectivity index (χ2v) is 9.61. The lowest BCUT2D eigenvalue weighted by molar-refractivity contribution is -0.114. The molecule has 1 aliphatic carbocycles. The zero-order valence-electron chi connectivity index (χ0n) is 18.3. The highest BCUT2D eigenvalue weighted by atomic mass is 32.2. The highest BCUT2D eigenvalue weighted by molar-refractivity contribution is 8.04. The van der Waals surface area contributed by atoms with E-state index in [1.807, 2.05) is 55.5 Å². The van der Waals surface area contributed by atoms with Crippen LogP contribution in [0.2, 0.25) is 0 Å². The van der Waals surface area contributed by atoms with E-state index in [9.17, 15) is 9.59 Å². The highest BCUT2D eigenvalue weighted by Crippen LogP contribution is 2.42. The lowest BCUT2D eigenvalue weighted by Crippen LogP contribution is -2.35. The summed E-state index contributed by atoms with van der Waals surface area (Å²) in [5, 5.41) is 3.22.